The molecule has 7 nitrogen and oxygen atoms in total. The Morgan fingerprint density at radius 1 is 1.20 bits per heavy atom. The first-order valence-corrected chi connectivity index (χ1v) is 7.00. The van der Waals surface area contributed by atoms with Crippen molar-refractivity contribution in [3.05, 3.63) is 5.82 Å². The summed E-state index contributed by atoms with van der Waals surface area (Å²) >= 11 is 0. The summed E-state index contributed by atoms with van der Waals surface area (Å²) in [6.45, 7) is 1.46. The van der Waals surface area contributed by atoms with Crippen molar-refractivity contribution in [2.45, 2.75) is 31.9 Å². The van der Waals surface area contributed by atoms with Gasteiger partial charge in [-0.3, -0.25) is 4.90 Å². The minimum Gasteiger partial charge on any atom is -0.393 e. The fourth-order valence-corrected chi connectivity index (χ4v) is 2.63. The summed E-state index contributed by atoms with van der Waals surface area (Å²) in [5.41, 5.74) is 5.71. The van der Waals surface area contributed by atoms with E-state index in [1.807, 2.05) is 26.0 Å². The molecule has 0 aliphatic heterocycles. The van der Waals surface area contributed by atoms with Crippen LogP contribution >= 0.6 is 0 Å². The number of hydrogen-bond donors (Lipinski definition) is 2. The molecule has 1 aromatic heterocycles. The SMILES string of the molecule is CN(Cc1nc(N)nc(N(C)C)n1)CC1CCCC1O. The van der Waals surface area contributed by atoms with Crippen molar-refractivity contribution in [1.29, 1.82) is 0 Å². The number of anilines is 2. The zero-order valence-electron chi connectivity index (χ0n) is 12.5. The molecule has 0 spiro atoms. The van der Waals surface area contributed by atoms with Gasteiger partial charge in [0.05, 0.1) is 12.6 Å². The molecule has 1 aliphatic carbocycles. The molecule has 1 aliphatic rings. The van der Waals surface area contributed by atoms with Crippen molar-refractivity contribution in [1.82, 2.24) is 19.9 Å². The van der Waals surface area contributed by atoms with Crippen LogP contribution in [0.5, 0.6) is 0 Å². The molecule has 0 saturated heterocycles. The second-order valence-corrected chi connectivity index (χ2v) is 5.76. The monoisotopic (exact) mass is 280 g/mol. The minimum absolute atomic E-state index is 0.168. The molecule has 1 aromatic rings. The van der Waals surface area contributed by atoms with E-state index in [0.717, 1.165) is 25.8 Å². The zero-order valence-corrected chi connectivity index (χ0v) is 12.5. The predicted octanol–water partition coefficient (Wildman–Crippen LogP) is 0.113. The number of aliphatic hydroxyl groups is 1. The molecule has 3 N–H and O–H groups in total. The van der Waals surface area contributed by atoms with Crippen molar-refractivity contribution in [2.75, 3.05) is 38.3 Å². The van der Waals surface area contributed by atoms with Crippen LogP contribution in [-0.2, 0) is 6.54 Å². The molecule has 1 saturated carbocycles. The summed E-state index contributed by atoms with van der Waals surface area (Å²) in [4.78, 5) is 16.6. The predicted molar refractivity (Wildman–Crippen MR) is 78.2 cm³/mol. The summed E-state index contributed by atoms with van der Waals surface area (Å²) in [6, 6.07) is 0. The highest BCUT2D eigenvalue weighted by atomic mass is 16.3. The van der Waals surface area contributed by atoms with E-state index in [2.05, 4.69) is 19.9 Å². The van der Waals surface area contributed by atoms with E-state index in [0.29, 0.717) is 24.2 Å². The van der Waals surface area contributed by atoms with Gasteiger partial charge in [-0.2, -0.15) is 15.0 Å². The van der Waals surface area contributed by atoms with Gasteiger partial charge in [0, 0.05) is 20.6 Å². The Morgan fingerprint density at radius 3 is 2.55 bits per heavy atom. The molecular weight excluding hydrogens is 256 g/mol. The molecule has 1 heterocycles. The van der Waals surface area contributed by atoms with Gasteiger partial charge in [-0.05, 0) is 25.8 Å². The fraction of sp³-hybridized carbons (Fsp3) is 0.769. The molecule has 2 atom stereocenters. The lowest BCUT2D eigenvalue weighted by Crippen LogP contribution is -2.30. The first-order valence-electron chi connectivity index (χ1n) is 7.00. The van der Waals surface area contributed by atoms with Crippen LogP contribution in [0.1, 0.15) is 25.1 Å². The Bertz CT molecular complexity index is 452. The van der Waals surface area contributed by atoms with Crippen LogP contribution in [0.3, 0.4) is 0 Å². The fourth-order valence-electron chi connectivity index (χ4n) is 2.63. The Labute approximate surface area is 119 Å². The Morgan fingerprint density at radius 2 is 1.95 bits per heavy atom. The zero-order chi connectivity index (χ0) is 14.7. The maximum absolute atomic E-state index is 9.87. The van der Waals surface area contributed by atoms with Crippen molar-refractivity contribution in [2.24, 2.45) is 5.92 Å². The summed E-state index contributed by atoms with van der Waals surface area (Å²) < 4.78 is 0. The molecule has 0 aromatic carbocycles. The van der Waals surface area contributed by atoms with E-state index in [4.69, 9.17) is 5.73 Å². The molecule has 20 heavy (non-hydrogen) atoms. The van der Waals surface area contributed by atoms with Crippen LogP contribution < -0.4 is 10.6 Å². The van der Waals surface area contributed by atoms with Crippen LogP contribution in [0.15, 0.2) is 0 Å². The quantitative estimate of drug-likeness (QED) is 0.791. The van der Waals surface area contributed by atoms with Gasteiger partial charge in [-0.15, -0.1) is 0 Å². The first-order chi connectivity index (χ1) is 9.45. The van der Waals surface area contributed by atoms with Gasteiger partial charge in [0.15, 0.2) is 0 Å². The molecular formula is C13H24N6O. The third-order valence-electron chi connectivity index (χ3n) is 3.66. The van der Waals surface area contributed by atoms with Gasteiger partial charge in [0.1, 0.15) is 5.82 Å². The number of nitrogen functional groups attached to an aromatic ring is 1. The lowest BCUT2D eigenvalue weighted by Gasteiger charge is -2.22. The van der Waals surface area contributed by atoms with Crippen LogP contribution in [-0.4, -0.2) is 58.8 Å². The van der Waals surface area contributed by atoms with Gasteiger partial charge in [0.25, 0.3) is 0 Å². The second kappa shape index (κ2) is 6.32. The summed E-state index contributed by atoms with van der Waals surface area (Å²) in [6.07, 6.45) is 2.96. The number of aliphatic hydroxyl groups excluding tert-OH is 1. The van der Waals surface area contributed by atoms with Crippen molar-refractivity contribution in [3.63, 3.8) is 0 Å². The highest BCUT2D eigenvalue weighted by Gasteiger charge is 2.26. The standard InChI is InChI=1S/C13H24N6O/c1-18(2)13-16-11(15-12(14)17-13)8-19(3)7-9-5-4-6-10(9)20/h9-10,20H,4-8H2,1-3H3,(H2,14,15,16,17). The lowest BCUT2D eigenvalue weighted by molar-refractivity contribution is 0.107. The van der Waals surface area contributed by atoms with E-state index in [-0.39, 0.29) is 12.1 Å². The molecule has 112 valence electrons. The van der Waals surface area contributed by atoms with Gasteiger partial charge in [-0.1, -0.05) is 6.42 Å². The number of hydrogen-bond acceptors (Lipinski definition) is 7. The van der Waals surface area contributed by atoms with Gasteiger partial charge >= 0.3 is 0 Å². The maximum Gasteiger partial charge on any atom is 0.229 e. The van der Waals surface area contributed by atoms with Crippen molar-refractivity contribution < 1.29 is 5.11 Å². The normalized spacial score (nSPS) is 22.4. The highest BCUT2D eigenvalue weighted by Crippen LogP contribution is 2.26. The third kappa shape index (κ3) is 3.77. The van der Waals surface area contributed by atoms with Crippen molar-refractivity contribution in [3.8, 4) is 0 Å². The smallest absolute Gasteiger partial charge is 0.229 e. The Balaban J connectivity index is 1.98. The summed E-state index contributed by atoms with van der Waals surface area (Å²) in [7, 11) is 5.76. The minimum atomic E-state index is -0.168. The van der Waals surface area contributed by atoms with E-state index in [1.165, 1.54) is 0 Å². The average molecular weight is 280 g/mol. The lowest BCUT2D eigenvalue weighted by atomic mass is 10.1. The molecule has 0 amide bonds. The largest absolute Gasteiger partial charge is 0.393 e. The van der Waals surface area contributed by atoms with E-state index < -0.39 is 0 Å². The number of rotatable bonds is 5. The molecule has 2 unspecified atom stereocenters. The average Bonchev–Trinajstić information content (AvgIpc) is 2.74. The second-order valence-electron chi connectivity index (χ2n) is 5.76. The molecule has 0 radical (unpaired) electrons. The van der Waals surface area contributed by atoms with E-state index in [9.17, 15) is 5.11 Å². The van der Waals surface area contributed by atoms with Gasteiger partial charge < -0.3 is 15.7 Å². The summed E-state index contributed by atoms with van der Waals surface area (Å²) in [5, 5.41) is 9.87. The van der Waals surface area contributed by atoms with Crippen LogP contribution in [0.4, 0.5) is 11.9 Å². The third-order valence-corrected chi connectivity index (χ3v) is 3.66. The topological polar surface area (TPSA) is 91.4 Å². The molecule has 7 heteroatoms. The van der Waals surface area contributed by atoms with Crippen LogP contribution in [0.2, 0.25) is 0 Å². The highest BCUT2D eigenvalue weighted by molar-refractivity contribution is 5.32. The molecule has 2 rings (SSSR count). The Hall–Kier alpha value is -1.47. The number of nitrogens with two attached hydrogens (primary N) is 1. The first kappa shape index (κ1) is 14.9. The molecule has 0 bridgehead atoms. The number of aromatic nitrogens is 3. The van der Waals surface area contributed by atoms with E-state index in [1.54, 1.807) is 0 Å². The van der Waals surface area contributed by atoms with Crippen LogP contribution in [0, 0.1) is 5.92 Å². The van der Waals surface area contributed by atoms with Crippen LogP contribution in [0.25, 0.3) is 0 Å². The van der Waals surface area contributed by atoms with E-state index >= 15 is 0 Å². The summed E-state index contributed by atoms with van der Waals surface area (Å²) in [5.74, 6) is 1.83. The van der Waals surface area contributed by atoms with Gasteiger partial charge in [-0.25, -0.2) is 0 Å². The maximum atomic E-state index is 9.87. The van der Waals surface area contributed by atoms with Gasteiger partial charge in [0.2, 0.25) is 11.9 Å². The van der Waals surface area contributed by atoms with Crippen molar-refractivity contribution >= 4 is 11.9 Å². The Kier molecular flexibility index (Phi) is 4.72. The number of nitrogens with zero attached hydrogens (tertiary/aromatic N) is 5. The molecule has 1 fully saturated rings.